The lowest BCUT2D eigenvalue weighted by molar-refractivity contribution is 0.220. The summed E-state index contributed by atoms with van der Waals surface area (Å²) >= 11 is 0. The van der Waals surface area contributed by atoms with Crippen LogP contribution in [0.1, 0.15) is 30.0 Å². The Hall–Kier alpha value is -2.40. The molecule has 1 aliphatic rings. The maximum absolute atomic E-state index is 13.2. The van der Waals surface area contributed by atoms with Gasteiger partial charge in [0.1, 0.15) is 5.82 Å². The summed E-state index contributed by atoms with van der Waals surface area (Å²) in [6.07, 6.45) is 2.33. The molecule has 2 aromatic rings. The van der Waals surface area contributed by atoms with Crippen LogP contribution in [0, 0.1) is 5.82 Å². The minimum Gasteiger partial charge on any atom is -0.336 e. The van der Waals surface area contributed by atoms with Gasteiger partial charge in [0.05, 0.1) is 6.04 Å². The van der Waals surface area contributed by atoms with E-state index in [-0.39, 0.29) is 17.9 Å². The average Bonchev–Trinajstić information content (AvgIpc) is 3.17. The molecule has 0 bridgehead atoms. The van der Waals surface area contributed by atoms with Gasteiger partial charge in [-0.2, -0.15) is 0 Å². The monoisotopic (exact) mass is 341 g/mol. The van der Waals surface area contributed by atoms with Crippen LogP contribution in [0.4, 0.5) is 9.18 Å². The Bertz CT molecular complexity index is 669. The van der Waals surface area contributed by atoms with Crippen LogP contribution < -0.4 is 10.6 Å². The number of carbonyl (C=O) groups excluding carboxylic acids is 1. The van der Waals surface area contributed by atoms with Crippen LogP contribution >= 0.6 is 0 Å². The highest BCUT2D eigenvalue weighted by molar-refractivity contribution is 5.73. The van der Waals surface area contributed by atoms with Crippen molar-refractivity contribution in [3.05, 3.63) is 71.5 Å². The molecule has 1 unspecified atom stereocenters. The molecule has 2 N–H and O–H groups in total. The molecule has 1 atom stereocenters. The summed E-state index contributed by atoms with van der Waals surface area (Å²) < 4.78 is 13.2. The minimum absolute atomic E-state index is 0.0746. The van der Waals surface area contributed by atoms with Gasteiger partial charge in [0.2, 0.25) is 0 Å². The van der Waals surface area contributed by atoms with Crippen molar-refractivity contribution in [2.45, 2.75) is 25.4 Å². The number of urea groups is 1. The van der Waals surface area contributed by atoms with E-state index in [1.807, 2.05) is 42.5 Å². The van der Waals surface area contributed by atoms with E-state index in [9.17, 15) is 9.18 Å². The summed E-state index contributed by atoms with van der Waals surface area (Å²) in [7, 11) is 0. The number of hydrogen-bond acceptors (Lipinski definition) is 2. The Balaban J connectivity index is 1.56. The number of likely N-dealkylation sites (tertiary alicyclic amines) is 1. The Morgan fingerprint density at radius 2 is 1.68 bits per heavy atom. The largest absolute Gasteiger partial charge is 0.336 e. The van der Waals surface area contributed by atoms with Crippen molar-refractivity contribution in [1.29, 1.82) is 0 Å². The normalized spacial score (nSPS) is 15.7. The third-order valence-electron chi connectivity index (χ3n) is 4.59. The molecule has 4 nitrogen and oxygen atoms in total. The number of hydrogen-bond donors (Lipinski definition) is 2. The predicted molar refractivity (Wildman–Crippen MR) is 96.6 cm³/mol. The van der Waals surface area contributed by atoms with Crippen molar-refractivity contribution >= 4 is 6.03 Å². The van der Waals surface area contributed by atoms with E-state index in [0.29, 0.717) is 13.1 Å². The van der Waals surface area contributed by atoms with Crippen molar-refractivity contribution in [1.82, 2.24) is 15.5 Å². The van der Waals surface area contributed by atoms with E-state index in [1.165, 1.54) is 12.1 Å². The molecule has 1 heterocycles. The van der Waals surface area contributed by atoms with Gasteiger partial charge < -0.3 is 10.6 Å². The maximum Gasteiger partial charge on any atom is 0.315 e. The molecule has 1 fully saturated rings. The summed E-state index contributed by atoms with van der Waals surface area (Å²) in [4.78, 5) is 14.5. The second-order valence-electron chi connectivity index (χ2n) is 6.36. The SMILES string of the molecule is O=C(NCc1ccccc1)NCC(c1ccc(F)cc1)N1CCCC1. The molecule has 2 aromatic carbocycles. The first kappa shape index (κ1) is 17.4. The van der Waals surface area contributed by atoms with Crippen LogP contribution in [-0.4, -0.2) is 30.6 Å². The van der Waals surface area contributed by atoms with Crippen molar-refractivity contribution < 1.29 is 9.18 Å². The zero-order valence-corrected chi connectivity index (χ0v) is 14.2. The van der Waals surface area contributed by atoms with Gasteiger partial charge in [-0.1, -0.05) is 42.5 Å². The third-order valence-corrected chi connectivity index (χ3v) is 4.59. The van der Waals surface area contributed by atoms with Crippen LogP contribution in [0.5, 0.6) is 0 Å². The fraction of sp³-hybridized carbons (Fsp3) is 0.350. The smallest absolute Gasteiger partial charge is 0.315 e. The van der Waals surface area contributed by atoms with Gasteiger partial charge in [0, 0.05) is 13.1 Å². The zero-order chi connectivity index (χ0) is 17.5. The van der Waals surface area contributed by atoms with Gasteiger partial charge in [-0.25, -0.2) is 9.18 Å². The summed E-state index contributed by atoms with van der Waals surface area (Å²) in [5.41, 5.74) is 2.10. The van der Waals surface area contributed by atoms with Gasteiger partial charge in [0.15, 0.2) is 0 Å². The zero-order valence-electron chi connectivity index (χ0n) is 14.2. The van der Waals surface area contributed by atoms with Gasteiger partial charge in [-0.15, -0.1) is 0 Å². The van der Waals surface area contributed by atoms with Crippen LogP contribution in [0.15, 0.2) is 54.6 Å². The Kier molecular flexibility index (Phi) is 6.01. The Morgan fingerprint density at radius 1 is 1.00 bits per heavy atom. The second-order valence-corrected chi connectivity index (χ2v) is 6.36. The summed E-state index contributed by atoms with van der Waals surface area (Å²) in [5.74, 6) is -0.238. The molecular formula is C20H24FN3O. The Morgan fingerprint density at radius 3 is 2.36 bits per heavy atom. The summed E-state index contributed by atoms with van der Waals surface area (Å²) in [6, 6.07) is 16.3. The first-order valence-corrected chi connectivity index (χ1v) is 8.77. The van der Waals surface area contributed by atoms with Crippen molar-refractivity contribution in [2.24, 2.45) is 0 Å². The molecule has 1 saturated heterocycles. The number of rotatable bonds is 6. The number of nitrogens with zero attached hydrogens (tertiary/aromatic N) is 1. The first-order valence-electron chi connectivity index (χ1n) is 8.77. The van der Waals surface area contributed by atoms with Gasteiger partial charge in [0.25, 0.3) is 0 Å². The third kappa shape index (κ3) is 5.03. The van der Waals surface area contributed by atoms with Crippen LogP contribution in [-0.2, 0) is 6.54 Å². The fourth-order valence-electron chi connectivity index (χ4n) is 3.23. The molecular weight excluding hydrogens is 317 g/mol. The first-order chi connectivity index (χ1) is 12.2. The molecule has 0 radical (unpaired) electrons. The van der Waals surface area contributed by atoms with E-state index >= 15 is 0 Å². The highest BCUT2D eigenvalue weighted by Crippen LogP contribution is 2.24. The lowest BCUT2D eigenvalue weighted by Crippen LogP contribution is -2.41. The fourth-order valence-corrected chi connectivity index (χ4v) is 3.23. The van der Waals surface area contributed by atoms with E-state index < -0.39 is 0 Å². The van der Waals surface area contributed by atoms with E-state index in [4.69, 9.17) is 0 Å². The van der Waals surface area contributed by atoms with E-state index in [1.54, 1.807) is 0 Å². The number of benzene rings is 2. The molecule has 25 heavy (non-hydrogen) atoms. The number of carbonyl (C=O) groups is 1. The summed E-state index contributed by atoms with van der Waals surface area (Å²) in [6.45, 7) is 3.02. The number of amides is 2. The van der Waals surface area contributed by atoms with E-state index in [0.717, 1.165) is 37.1 Å². The van der Waals surface area contributed by atoms with Gasteiger partial charge >= 0.3 is 6.03 Å². The quantitative estimate of drug-likeness (QED) is 0.845. The maximum atomic E-state index is 13.2. The molecule has 5 heteroatoms. The molecule has 2 amide bonds. The Labute approximate surface area is 148 Å². The lowest BCUT2D eigenvalue weighted by atomic mass is 10.1. The second kappa shape index (κ2) is 8.62. The van der Waals surface area contributed by atoms with Gasteiger partial charge in [-0.3, -0.25) is 4.90 Å². The summed E-state index contributed by atoms with van der Waals surface area (Å²) in [5, 5.41) is 5.83. The number of nitrogens with one attached hydrogen (secondary N) is 2. The molecule has 0 spiro atoms. The van der Waals surface area contributed by atoms with Crippen LogP contribution in [0.2, 0.25) is 0 Å². The molecule has 1 aliphatic heterocycles. The van der Waals surface area contributed by atoms with Gasteiger partial charge in [-0.05, 0) is 49.2 Å². The van der Waals surface area contributed by atoms with E-state index in [2.05, 4.69) is 15.5 Å². The topological polar surface area (TPSA) is 44.4 Å². The van der Waals surface area contributed by atoms with Crippen LogP contribution in [0.3, 0.4) is 0 Å². The van der Waals surface area contributed by atoms with Crippen molar-refractivity contribution in [3.63, 3.8) is 0 Å². The highest BCUT2D eigenvalue weighted by Gasteiger charge is 2.23. The molecule has 0 saturated carbocycles. The standard InChI is InChI=1S/C20H24FN3O/c21-18-10-8-17(9-11-18)19(24-12-4-5-13-24)15-23-20(25)22-14-16-6-2-1-3-7-16/h1-3,6-11,19H,4-5,12-15H2,(H2,22,23,25). The number of halogens is 1. The molecule has 0 aliphatic carbocycles. The predicted octanol–water partition coefficient (Wildman–Crippen LogP) is 3.46. The minimum atomic E-state index is -0.238. The average molecular weight is 341 g/mol. The van der Waals surface area contributed by atoms with Crippen molar-refractivity contribution in [3.8, 4) is 0 Å². The molecule has 0 aromatic heterocycles. The molecule has 3 rings (SSSR count). The van der Waals surface area contributed by atoms with Crippen LogP contribution in [0.25, 0.3) is 0 Å². The lowest BCUT2D eigenvalue weighted by Gasteiger charge is -2.28. The van der Waals surface area contributed by atoms with Crippen molar-refractivity contribution in [2.75, 3.05) is 19.6 Å². The highest BCUT2D eigenvalue weighted by atomic mass is 19.1. The molecule has 132 valence electrons.